The van der Waals surface area contributed by atoms with E-state index in [0.717, 1.165) is 25.2 Å². The maximum absolute atomic E-state index is 5.77. The maximum Gasteiger partial charge on any atom is 0.149 e. The van der Waals surface area contributed by atoms with Gasteiger partial charge < -0.3 is 10.3 Å². The molecular formula is C6H10N4. The number of hydrogen-bond donors (Lipinski definition) is 1. The fourth-order valence-electron chi connectivity index (χ4n) is 1.33. The molecule has 2 rings (SSSR count). The van der Waals surface area contributed by atoms with Gasteiger partial charge in [-0.3, -0.25) is 0 Å². The Morgan fingerprint density at radius 3 is 3.40 bits per heavy atom. The van der Waals surface area contributed by atoms with Crippen molar-refractivity contribution in [2.24, 2.45) is 5.73 Å². The molecule has 0 aromatic carbocycles. The van der Waals surface area contributed by atoms with Crippen molar-refractivity contribution in [2.75, 3.05) is 0 Å². The molecule has 0 radical (unpaired) electrons. The van der Waals surface area contributed by atoms with Crippen LogP contribution in [0.15, 0.2) is 6.33 Å². The quantitative estimate of drug-likeness (QED) is 0.552. The minimum atomic E-state index is 0.108. The van der Waals surface area contributed by atoms with Crippen molar-refractivity contribution < 1.29 is 0 Å². The first kappa shape index (κ1) is 5.85. The molecule has 2 N–H and O–H groups in total. The van der Waals surface area contributed by atoms with Crippen LogP contribution >= 0.6 is 0 Å². The molecule has 0 saturated carbocycles. The monoisotopic (exact) mass is 138 g/mol. The first-order valence-electron chi connectivity index (χ1n) is 3.51. The number of hydrogen-bond acceptors (Lipinski definition) is 3. The first-order valence-corrected chi connectivity index (χ1v) is 3.51. The summed E-state index contributed by atoms with van der Waals surface area (Å²) < 4.78 is 2.02. The van der Waals surface area contributed by atoms with Crippen LogP contribution in [0.5, 0.6) is 0 Å². The molecule has 1 aromatic rings. The summed E-state index contributed by atoms with van der Waals surface area (Å²) in [6.45, 7) is 1.02. The van der Waals surface area contributed by atoms with E-state index in [1.54, 1.807) is 6.33 Å². The minimum absolute atomic E-state index is 0.108. The van der Waals surface area contributed by atoms with Crippen LogP contribution in [0.4, 0.5) is 0 Å². The predicted octanol–water partition coefficient (Wildman–Crippen LogP) is 0.0717. The third-order valence-corrected chi connectivity index (χ3v) is 1.89. The lowest BCUT2D eigenvalue weighted by molar-refractivity contribution is 0.451. The Balaban J connectivity index is 2.41. The number of nitrogens with two attached hydrogens (primary N) is 1. The fraction of sp³-hybridized carbons (Fsp3) is 0.667. The van der Waals surface area contributed by atoms with Gasteiger partial charge >= 0.3 is 0 Å². The third-order valence-electron chi connectivity index (χ3n) is 1.89. The van der Waals surface area contributed by atoms with Gasteiger partial charge in [0, 0.05) is 6.54 Å². The molecule has 0 aliphatic carbocycles. The summed E-state index contributed by atoms with van der Waals surface area (Å²) in [5.74, 6) is 0.936. The van der Waals surface area contributed by atoms with E-state index in [1.165, 1.54) is 0 Å². The highest BCUT2D eigenvalue weighted by Crippen LogP contribution is 2.18. The van der Waals surface area contributed by atoms with E-state index in [4.69, 9.17) is 5.73 Å². The van der Waals surface area contributed by atoms with Crippen LogP contribution in [0, 0.1) is 0 Å². The van der Waals surface area contributed by atoms with E-state index in [1.807, 2.05) is 4.57 Å². The summed E-state index contributed by atoms with van der Waals surface area (Å²) in [7, 11) is 0. The molecule has 1 unspecified atom stereocenters. The highest BCUT2D eigenvalue weighted by molar-refractivity contribution is 4.96. The van der Waals surface area contributed by atoms with Crippen LogP contribution in [-0.2, 0) is 6.54 Å². The Morgan fingerprint density at radius 1 is 1.70 bits per heavy atom. The smallest absolute Gasteiger partial charge is 0.149 e. The molecule has 0 saturated heterocycles. The Bertz CT molecular complexity index is 229. The van der Waals surface area contributed by atoms with Crippen molar-refractivity contribution in [1.29, 1.82) is 0 Å². The van der Waals surface area contributed by atoms with Crippen LogP contribution < -0.4 is 5.73 Å². The molecule has 1 aliphatic rings. The number of nitrogens with zero attached hydrogens (tertiary/aromatic N) is 3. The Labute approximate surface area is 59.1 Å². The Hall–Kier alpha value is -0.900. The van der Waals surface area contributed by atoms with E-state index < -0.39 is 0 Å². The van der Waals surface area contributed by atoms with Crippen molar-refractivity contribution in [2.45, 2.75) is 25.4 Å². The summed E-state index contributed by atoms with van der Waals surface area (Å²) in [4.78, 5) is 0. The Morgan fingerprint density at radius 2 is 2.60 bits per heavy atom. The molecule has 0 bridgehead atoms. The molecule has 10 heavy (non-hydrogen) atoms. The number of fused-ring (bicyclic) bond motifs is 1. The van der Waals surface area contributed by atoms with E-state index in [9.17, 15) is 0 Å². The summed E-state index contributed by atoms with van der Waals surface area (Å²) in [5, 5.41) is 7.71. The van der Waals surface area contributed by atoms with Gasteiger partial charge in [0.2, 0.25) is 0 Å². The molecule has 1 aliphatic heterocycles. The standard InChI is InChI=1S/C6H10N4/c7-5-2-1-3-10-4-8-9-6(5)10/h4-5H,1-3,7H2. The largest absolute Gasteiger partial charge is 0.321 e. The summed E-state index contributed by atoms with van der Waals surface area (Å²) in [6.07, 6.45) is 3.93. The van der Waals surface area contributed by atoms with Gasteiger partial charge in [-0.15, -0.1) is 10.2 Å². The van der Waals surface area contributed by atoms with Gasteiger partial charge in [-0.25, -0.2) is 0 Å². The van der Waals surface area contributed by atoms with Crippen LogP contribution in [0.25, 0.3) is 0 Å². The van der Waals surface area contributed by atoms with Crippen LogP contribution in [-0.4, -0.2) is 14.8 Å². The summed E-state index contributed by atoms with van der Waals surface area (Å²) in [6, 6.07) is 0.108. The second-order valence-electron chi connectivity index (χ2n) is 2.63. The van der Waals surface area contributed by atoms with E-state index in [0.29, 0.717) is 0 Å². The Kier molecular flexibility index (Phi) is 1.20. The molecule has 0 spiro atoms. The molecule has 4 nitrogen and oxygen atoms in total. The van der Waals surface area contributed by atoms with Crippen molar-refractivity contribution in [1.82, 2.24) is 14.8 Å². The van der Waals surface area contributed by atoms with E-state index in [-0.39, 0.29) is 6.04 Å². The zero-order valence-electron chi connectivity index (χ0n) is 5.70. The molecule has 2 heterocycles. The van der Waals surface area contributed by atoms with Crippen LogP contribution in [0.2, 0.25) is 0 Å². The fourth-order valence-corrected chi connectivity index (χ4v) is 1.33. The molecule has 0 fully saturated rings. The average Bonchev–Trinajstić information content (AvgIpc) is 2.36. The van der Waals surface area contributed by atoms with Crippen molar-refractivity contribution in [3.05, 3.63) is 12.2 Å². The zero-order valence-corrected chi connectivity index (χ0v) is 5.70. The number of aryl methyl sites for hydroxylation is 1. The van der Waals surface area contributed by atoms with Gasteiger partial charge in [-0.05, 0) is 12.8 Å². The number of rotatable bonds is 0. The number of aromatic nitrogens is 3. The van der Waals surface area contributed by atoms with Crippen LogP contribution in [0.1, 0.15) is 24.7 Å². The van der Waals surface area contributed by atoms with Crippen molar-refractivity contribution in [3.63, 3.8) is 0 Å². The molecule has 54 valence electrons. The lowest BCUT2D eigenvalue weighted by atomic mass is 10.1. The normalized spacial score (nSPS) is 24.3. The topological polar surface area (TPSA) is 56.7 Å². The summed E-state index contributed by atoms with van der Waals surface area (Å²) >= 11 is 0. The zero-order chi connectivity index (χ0) is 6.97. The van der Waals surface area contributed by atoms with Gasteiger partial charge in [-0.2, -0.15) is 0 Å². The van der Waals surface area contributed by atoms with E-state index >= 15 is 0 Å². The molecular weight excluding hydrogens is 128 g/mol. The van der Waals surface area contributed by atoms with Gasteiger partial charge in [0.25, 0.3) is 0 Å². The van der Waals surface area contributed by atoms with Gasteiger partial charge in [0.15, 0.2) is 0 Å². The second-order valence-corrected chi connectivity index (χ2v) is 2.63. The highest BCUT2D eigenvalue weighted by atomic mass is 15.3. The molecule has 1 aromatic heterocycles. The second kappa shape index (κ2) is 2.05. The molecule has 0 amide bonds. The van der Waals surface area contributed by atoms with Gasteiger partial charge in [0.05, 0.1) is 6.04 Å². The minimum Gasteiger partial charge on any atom is -0.321 e. The molecule has 4 heteroatoms. The van der Waals surface area contributed by atoms with Crippen molar-refractivity contribution in [3.8, 4) is 0 Å². The first-order chi connectivity index (χ1) is 4.88. The maximum atomic E-state index is 5.77. The van der Waals surface area contributed by atoms with E-state index in [2.05, 4.69) is 10.2 Å². The lowest BCUT2D eigenvalue weighted by Crippen LogP contribution is -2.21. The summed E-state index contributed by atoms with van der Waals surface area (Å²) in [5.41, 5.74) is 5.77. The lowest BCUT2D eigenvalue weighted by Gasteiger charge is -2.17. The van der Waals surface area contributed by atoms with Crippen LogP contribution in [0.3, 0.4) is 0 Å². The van der Waals surface area contributed by atoms with Gasteiger partial charge in [0.1, 0.15) is 12.2 Å². The average molecular weight is 138 g/mol. The van der Waals surface area contributed by atoms with Gasteiger partial charge in [-0.1, -0.05) is 0 Å². The molecule has 1 atom stereocenters. The SMILES string of the molecule is NC1CCCn2cnnc21. The third kappa shape index (κ3) is 0.724. The predicted molar refractivity (Wildman–Crippen MR) is 36.2 cm³/mol. The van der Waals surface area contributed by atoms with Crippen molar-refractivity contribution >= 4 is 0 Å². The highest BCUT2D eigenvalue weighted by Gasteiger charge is 2.17.